The molecule has 0 unspecified atom stereocenters. The van der Waals surface area contributed by atoms with Crippen LogP contribution in [0.4, 0.5) is 0 Å². The lowest BCUT2D eigenvalue weighted by atomic mass is 9.92. The van der Waals surface area contributed by atoms with Gasteiger partial charge in [0.15, 0.2) is 0 Å². The second-order valence-corrected chi connectivity index (χ2v) is 5.72. The molecule has 0 N–H and O–H groups in total. The van der Waals surface area contributed by atoms with Gasteiger partial charge in [-0.2, -0.15) is 0 Å². The fourth-order valence-corrected chi connectivity index (χ4v) is 3.34. The van der Waals surface area contributed by atoms with E-state index in [2.05, 4.69) is 68.4 Å². The summed E-state index contributed by atoms with van der Waals surface area (Å²) in [6.07, 6.45) is 0.951. The summed E-state index contributed by atoms with van der Waals surface area (Å²) in [6, 6.07) is 19.4. The molecule has 102 valence electrons. The molecule has 3 aromatic rings. The van der Waals surface area contributed by atoms with Gasteiger partial charge in [-0.3, -0.25) is 4.98 Å². The summed E-state index contributed by atoms with van der Waals surface area (Å²) in [5.74, 6) is 0. The highest BCUT2D eigenvalue weighted by atomic mass is 14.7. The minimum Gasteiger partial charge on any atom is -0.257 e. The van der Waals surface area contributed by atoms with E-state index in [-0.39, 0.29) is 0 Å². The zero-order valence-electron chi connectivity index (χ0n) is 12.4. The first-order valence-electron chi connectivity index (χ1n) is 7.39. The number of nitrogens with zero attached hydrogens (tertiary/aromatic N) is 1. The van der Waals surface area contributed by atoms with Crippen molar-refractivity contribution in [2.24, 2.45) is 0 Å². The lowest BCUT2D eigenvalue weighted by Gasteiger charge is -2.15. The normalized spacial score (nSPS) is 12.1. The van der Waals surface area contributed by atoms with Crippen LogP contribution in [-0.2, 0) is 6.42 Å². The van der Waals surface area contributed by atoms with E-state index in [4.69, 9.17) is 4.98 Å². The van der Waals surface area contributed by atoms with Crippen molar-refractivity contribution in [1.29, 1.82) is 0 Å². The summed E-state index contributed by atoms with van der Waals surface area (Å²) in [5, 5.41) is 0. The molecule has 0 saturated carbocycles. The maximum Gasteiger partial charge on any atom is 0.0535 e. The molecule has 2 aromatic carbocycles. The van der Waals surface area contributed by atoms with Gasteiger partial charge in [0.25, 0.3) is 0 Å². The minimum absolute atomic E-state index is 0.951. The quantitative estimate of drug-likeness (QED) is 0.478. The van der Waals surface area contributed by atoms with Gasteiger partial charge >= 0.3 is 0 Å². The first-order chi connectivity index (χ1) is 10.3. The van der Waals surface area contributed by atoms with Crippen LogP contribution in [0, 0.1) is 13.8 Å². The van der Waals surface area contributed by atoms with E-state index >= 15 is 0 Å². The average Bonchev–Trinajstić information content (AvgIpc) is 2.87. The molecule has 0 radical (unpaired) electrons. The van der Waals surface area contributed by atoms with Crippen molar-refractivity contribution in [3.05, 3.63) is 77.1 Å². The molecule has 1 aliphatic rings. The molecule has 1 heterocycles. The Morgan fingerprint density at radius 1 is 0.810 bits per heavy atom. The minimum atomic E-state index is 0.951. The second kappa shape index (κ2) is 4.56. The lowest BCUT2D eigenvalue weighted by Crippen LogP contribution is -1.98. The molecule has 0 bridgehead atoms. The van der Waals surface area contributed by atoms with Crippen LogP contribution in [0.1, 0.15) is 22.5 Å². The molecule has 0 fully saturated rings. The highest BCUT2D eigenvalue weighted by molar-refractivity contribution is 5.91. The second-order valence-electron chi connectivity index (χ2n) is 5.72. The number of hydrogen-bond acceptors (Lipinski definition) is 1. The van der Waals surface area contributed by atoms with Crippen molar-refractivity contribution in [2.75, 3.05) is 0 Å². The smallest absolute Gasteiger partial charge is 0.0535 e. The van der Waals surface area contributed by atoms with Crippen LogP contribution < -0.4 is 0 Å². The van der Waals surface area contributed by atoms with Crippen LogP contribution in [0.3, 0.4) is 0 Å². The van der Waals surface area contributed by atoms with E-state index in [1.807, 2.05) is 0 Å². The average molecular weight is 271 g/mol. The molecule has 4 rings (SSSR count). The van der Waals surface area contributed by atoms with Crippen molar-refractivity contribution < 1.29 is 0 Å². The van der Waals surface area contributed by atoms with Crippen molar-refractivity contribution in [3.8, 4) is 22.3 Å². The third-order valence-electron chi connectivity index (χ3n) is 4.47. The SMILES string of the molecule is Cc1nc2c(c(-c3ccccc3)c1C)-c1ccccc1C2. The van der Waals surface area contributed by atoms with Gasteiger partial charge in [0.05, 0.1) is 5.69 Å². The van der Waals surface area contributed by atoms with Crippen LogP contribution in [0.5, 0.6) is 0 Å². The van der Waals surface area contributed by atoms with Crippen molar-refractivity contribution in [2.45, 2.75) is 20.3 Å². The highest BCUT2D eigenvalue weighted by Gasteiger charge is 2.25. The fourth-order valence-electron chi connectivity index (χ4n) is 3.34. The van der Waals surface area contributed by atoms with Crippen molar-refractivity contribution in [3.63, 3.8) is 0 Å². The predicted octanol–water partition coefficient (Wildman–Crippen LogP) is 4.94. The Morgan fingerprint density at radius 2 is 1.52 bits per heavy atom. The summed E-state index contributed by atoms with van der Waals surface area (Å²) >= 11 is 0. The lowest BCUT2D eigenvalue weighted by molar-refractivity contribution is 1.06. The van der Waals surface area contributed by atoms with Gasteiger partial charge in [0.1, 0.15) is 0 Å². The van der Waals surface area contributed by atoms with Crippen LogP contribution >= 0.6 is 0 Å². The molecule has 1 aliphatic carbocycles. The first kappa shape index (κ1) is 12.3. The van der Waals surface area contributed by atoms with Crippen LogP contribution in [0.25, 0.3) is 22.3 Å². The Morgan fingerprint density at radius 3 is 2.33 bits per heavy atom. The van der Waals surface area contributed by atoms with Crippen molar-refractivity contribution >= 4 is 0 Å². The Balaban J connectivity index is 2.09. The monoisotopic (exact) mass is 271 g/mol. The summed E-state index contributed by atoms with van der Waals surface area (Å²) in [7, 11) is 0. The first-order valence-corrected chi connectivity index (χ1v) is 7.39. The molecule has 0 spiro atoms. The highest BCUT2D eigenvalue weighted by Crippen LogP contribution is 2.44. The fraction of sp³-hybridized carbons (Fsp3) is 0.150. The molecule has 21 heavy (non-hydrogen) atoms. The maximum absolute atomic E-state index is 4.85. The van der Waals surface area contributed by atoms with Gasteiger partial charge < -0.3 is 0 Å². The number of fused-ring (bicyclic) bond motifs is 3. The molecule has 1 aromatic heterocycles. The summed E-state index contributed by atoms with van der Waals surface area (Å²) in [6.45, 7) is 4.30. The zero-order chi connectivity index (χ0) is 14.4. The van der Waals surface area contributed by atoms with Gasteiger partial charge in [0.2, 0.25) is 0 Å². The standard InChI is InChI=1S/C20H17N/c1-13-14(2)21-18-12-16-10-6-7-11-17(16)20(18)19(13)15-8-4-3-5-9-15/h3-11H,12H2,1-2H3. The van der Waals surface area contributed by atoms with Gasteiger partial charge in [0, 0.05) is 17.7 Å². The van der Waals surface area contributed by atoms with E-state index in [9.17, 15) is 0 Å². The Labute approximate surface area is 125 Å². The third kappa shape index (κ3) is 1.81. The molecular weight excluding hydrogens is 254 g/mol. The van der Waals surface area contributed by atoms with Gasteiger partial charge in [-0.05, 0) is 41.7 Å². The van der Waals surface area contributed by atoms with Crippen molar-refractivity contribution in [1.82, 2.24) is 4.98 Å². The van der Waals surface area contributed by atoms with E-state index in [1.54, 1.807) is 0 Å². The topological polar surface area (TPSA) is 12.9 Å². The molecule has 0 amide bonds. The van der Waals surface area contributed by atoms with E-state index in [0.29, 0.717) is 0 Å². The largest absolute Gasteiger partial charge is 0.257 e. The zero-order valence-corrected chi connectivity index (χ0v) is 12.4. The molecule has 0 aliphatic heterocycles. The van der Waals surface area contributed by atoms with E-state index in [1.165, 1.54) is 39.1 Å². The molecule has 1 nitrogen and oxygen atoms in total. The van der Waals surface area contributed by atoms with Gasteiger partial charge in [-0.25, -0.2) is 0 Å². The van der Waals surface area contributed by atoms with Gasteiger partial charge in [-0.15, -0.1) is 0 Å². The predicted molar refractivity (Wildman–Crippen MR) is 87.4 cm³/mol. The summed E-state index contributed by atoms with van der Waals surface area (Å²) in [4.78, 5) is 4.85. The third-order valence-corrected chi connectivity index (χ3v) is 4.47. The Hall–Kier alpha value is -2.41. The number of rotatable bonds is 1. The van der Waals surface area contributed by atoms with E-state index < -0.39 is 0 Å². The van der Waals surface area contributed by atoms with Crippen LogP contribution in [-0.4, -0.2) is 4.98 Å². The molecule has 0 atom stereocenters. The molecule has 0 saturated heterocycles. The number of aryl methyl sites for hydroxylation is 1. The van der Waals surface area contributed by atoms with Crippen LogP contribution in [0.15, 0.2) is 54.6 Å². The number of pyridine rings is 1. The number of hydrogen-bond donors (Lipinski definition) is 0. The Kier molecular flexibility index (Phi) is 2.68. The van der Waals surface area contributed by atoms with Gasteiger partial charge in [-0.1, -0.05) is 54.6 Å². The number of aromatic nitrogens is 1. The maximum atomic E-state index is 4.85. The molecular formula is C20H17N. The van der Waals surface area contributed by atoms with E-state index in [0.717, 1.165) is 12.1 Å². The molecule has 1 heteroatoms. The summed E-state index contributed by atoms with van der Waals surface area (Å²) < 4.78 is 0. The number of benzene rings is 2. The van der Waals surface area contributed by atoms with Crippen LogP contribution in [0.2, 0.25) is 0 Å². The Bertz CT molecular complexity index is 832. The summed E-state index contributed by atoms with van der Waals surface area (Å²) in [5.41, 5.74) is 10.4.